The summed E-state index contributed by atoms with van der Waals surface area (Å²) < 4.78 is 47.7. The van der Waals surface area contributed by atoms with Crippen molar-refractivity contribution >= 4 is 50.0 Å². The van der Waals surface area contributed by atoms with E-state index in [1.54, 1.807) is 37.4 Å². The Labute approximate surface area is 407 Å². The summed E-state index contributed by atoms with van der Waals surface area (Å²) in [5, 5.41) is 26.8. The Morgan fingerprint density at radius 3 is 2.47 bits per heavy atom. The third-order valence-corrected chi connectivity index (χ3v) is 17.1. The van der Waals surface area contributed by atoms with Gasteiger partial charge in [-0.05, 0) is 130 Å². The smallest absolute Gasteiger partial charge is 0.360 e. The number of nitro benzene ring substituents is 1. The van der Waals surface area contributed by atoms with Crippen LogP contribution in [0.5, 0.6) is 17.2 Å². The van der Waals surface area contributed by atoms with Crippen molar-refractivity contribution in [2.24, 2.45) is 11.3 Å². The summed E-state index contributed by atoms with van der Waals surface area (Å²) in [4.78, 5) is 51.0. The number of nitrogens with one attached hydrogen (secondary N) is 3. The van der Waals surface area contributed by atoms with Gasteiger partial charge in [-0.3, -0.25) is 19.8 Å². The number of nitrogens with zero attached hydrogens (tertiary/aromatic N) is 4. The standard InChI is InChI=1S/C52H61N7O10S/c1-31(2)37-8-5-6-9-38(37)41-10-7-21-58(41)35-28-52(29-35)18-22-57(23-19-52)34-11-12-39(43(25-34)69-45-24-33-15-20-53-48(33)55-47(45)50(61)67-4)49(60)56-70(65,66)36-26-42(59(63)64)46-44(27-36)68-30-40(54-46)32-13-16-51(3,62)17-14-32/h5-6,8-9,11-12,15,20,24-27,31-32,35,40-41,54,62H,7,10,13-14,16-19,21-23,28-30H2,1-4H3,(H,53,55)(H,56,60)/t32?,40-,41-,51?/m1/s1. The quantitative estimate of drug-likeness (QED) is 0.0521. The summed E-state index contributed by atoms with van der Waals surface area (Å²) in [5.41, 5.74) is 2.71. The predicted molar refractivity (Wildman–Crippen MR) is 263 cm³/mol. The van der Waals surface area contributed by atoms with Gasteiger partial charge in [0, 0.05) is 60.6 Å². The van der Waals surface area contributed by atoms with Gasteiger partial charge in [0.1, 0.15) is 18.0 Å². The number of aromatic amines is 1. The minimum atomic E-state index is -4.76. The van der Waals surface area contributed by atoms with Gasteiger partial charge in [0.2, 0.25) is 0 Å². The van der Waals surface area contributed by atoms with Crippen LogP contribution >= 0.6 is 0 Å². The van der Waals surface area contributed by atoms with E-state index < -0.39 is 43.0 Å². The van der Waals surface area contributed by atoms with Crippen LogP contribution in [0.2, 0.25) is 0 Å². The monoisotopic (exact) mass is 975 g/mol. The van der Waals surface area contributed by atoms with Gasteiger partial charge in [0.25, 0.3) is 21.6 Å². The molecule has 2 aliphatic carbocycles. The van der Waals surface area contributed by atoms with Crippen molar-refractivity contribution < 1.29 is 42.2 Å². The van der Waals surface area contributed by atoms with Crippen molar-refractivity contribution in [1.29, 1.82) is 0 Å². The fourth-order valence-corrected chi connectivity index (χ4v) is 12.8. The normalized spacial score (nSPS) is 23.6. The molecule has 1 spiro atoms. The zero-order valence-electron chi connectivity index (χ0n) is 40.0. The molecule has 70 heavy (non-hydrogen) atoms. The van der Waals surface area contributed by atoms with E-state index in [9.17, 15) is 33.2 Å². The Bertz CT molecular complexity index is 2950. The molecular weight excluding hydrogens is 915 g/mol. The first-order chi connectivity index (χ1) is 33.5. The molecule has 0 radical (unpaired) electrons. The summed E-state index contributed by atoms with van der Waals surface area (Å²) in [6.45, 7) is 9.10. The highest BCUT2D eigenvalue weighted by atomic mass is 32.2. The molecule has 2 atom stereocenters. The minimum Gasteiger partial charge on any atom is -0.489 e. The molecule has 3 aromatic carbocycles. The number of esters is 1. The lowest BCUT2D eigenvalue weighted by Gasteiger charge is -2.56. The number of amides is 1. The van der Waals surface area contributed by atoms with Gasteiger partial charge < -0.3 is 34.5 Å². The molecule has 10 rings (SSSR count). The molecule has 4 N–H and O–H groups in total. The maximum Gasteiger partial charge on any atom is 0.360 e. The number of aliphatic hydroxyl groups is 1. The summed E-state index contributed by atoms with van der Waals surface area (Å²) in [6, 6.07) is 19.9. The fraction of sp³-hybridized carbons (Fsp3) is 0.481. The first-order valence-corrected chi connectivity index (χ1v) is 26.0. The van der Waals surface area contributed by atoms with E-state index in [4.69, 9.17) is 14.2 Å². The van der Waals surface area contributed by atoms with Crippen molar-refractivity contribution in [3.63, 3.8) is 0 Å². The fourth-order valence-electron chi connectivity index (χ4n) is 11.8. The Hall–Kier alpha value is -6.24. The molecule has 17 nitrogen and oxygen atoms in total. The van der Waals surface area contributed by atoms with Crippen LogP contribution in [0, 0.1) is 21.4 Å². The van der Waals surface area contributed by atoms with Crippen LogP contribution in [0.3, 0.4) is 0 Å². The zero-order chi connectivity index (χ0) is 49.1. The number of methoxy groups -OCH3 is 1. The van der Waals surface area contributed by atoms with Gasteiger partial charge in [0.15, 0.2) is 22.9 Å². The number of nitro groups is 1. The molecule has 5 heterocycles. The zero-order valence-corrected chi connectivity index (χ0v) is 40.8. The van der Waals surface area contributed by atoms with E-state index in [0.717, 1.165) is 63.1 Å². The number of benzene rings is 3. The van der Waals surface area contributed by atoms with Gasteiger partial charge in [-0.25, -0.2) is 22.9 Å². The second-order valence-electron chi connectivity index (χ2n) is 20.7. The van der Waals surface area contributed by atoms with Crippen LogP contribution in [-0.4, -0.2) is 96.2 Å². The Kier molecular flexibility index (Phi) is 12.5. The lowest BCUT2D eigenvalue weighted by molar-refractivity contribution is -0.384. The molecule has 2 saturated carbocycles. The largest absolute Gasteiger partial charge is 0.489 e. The number of pyridine rings is 1. The average Bonchev–Trinajstić information content (AvgIpc) is 4.02. The molecule has 4 fully saturated rings. The first kappa shape index (κ1) is 47.4. The number of carbonyl (C=O) groups is 2. The number of rotatable bonds is 12. The van der Waals surface area contributed by atoms with E-state index >= 15 is 0 Å². The first-order valence-electron chi connectivity index (χ1n) is 24.5. The molecule has 5 aliphatic rings. The number of aromatic nitrogens is 2. The SMILES string of the molecule is COC(=O)c1nc2[nH]ccc2cc1Oc1cc(N2CCC3(CC2)CC(N2CCC[C@@H]2c2ccccc2C(C)C)C3)ccc1C(=O)NS(=O)(=O)c1cc2c(c([N+](=O)[O-])c1)N[C@@H](C1CCC(C)(O)CC1)CO2. The summed E-state index contributed by atoms with van der Waals surface area (Å²) in [7, 11) is -3.54. The lowest BCUT2D eigenvalue weighted by Crippen LogP contribution is -2.54. The van der Waals surface area contributed by atoms with Crippen LogP contribution in [-0.2, 0) is 14.8 Å². The molecular formula is C52H61N7O10S. The van der Waals surface area contributed by atoms with Gasteiger partial charge in [-0.2, -0.15) is 0 Å². The van der Waals surface area contributed by atoms with Gasteiger partial charge >= 0.3 is 5.97 Å². The van der Waals surface area contributed by atoms with Crippen LogP contribution in [0.1, 0.15) is 129 Å². The summed E-state index contributed by atoms with van der Waals surface area (Å²) >= 11 is 0. The number of hydrogen-bond donors (Lipinski definition) is 4. The minimum absolute atomic E-state index is 0.0192. The Morgan fingerprint density at radius 1 is 0.986 bits per heavy atom. The number of H-pyrrole nitrogens is 1. The topological polar surface area (TPSA) is 219 Å². The number of fused-ring (bicyclic) bond motifs is 2. The second kappa shape index (κ2) is 18.5. The number of ether oxygens (including phenoxy) is 3. The molecule has 18 heteroatoms. The highest BCUT2D eigenvalue weighted by Crippen LogP contribution is 2.54. The van der Waals surface area contributed by atoms with E-state index in [2.05, 4.69) is 67.9 Å². The Balaban J connectivity index is 0.892. The molecule has 370 valence electrons. The number of piperidine rings is 1. The maximum atomic E-state index is 14.3. The molecule has 2 saturated heterocycles. The van der Waals surface area contributed by atoms with Crippen molar-refractivity contribution in [3.05, 3.63) is 105 Å². The van der Waals surface area contributed by atoms with E-state index in [-0.39, 0.29) is 58.2 Å². The number of anilines is 2. The highest BCUT2D eigenvalue weighted by Gasteiger charge is 2.50. The van der Waals surface area contributed by atoms with Crippen molar-refractivity contribution in [3.8, 4) is 17.2 Å². The third-order valence-electron chi connectivity index (χ3n) is 15.8. The molecule has 0 unspecified atom stereocenters. The third kappa shape index (κ3) is 9.16. The van der Waals surface area contributed by atoms with Gasteiger partial charge in [-0.15, -0.1) is 0 Å². The summed E-state index contributed by atoms with van der Waals surface area (Å²) in [6.07, 6.45) is 10.8. The molecule has 3 aliphatic heterocycles. The van der Waals surface area contributed by atoms with Gasteiger partial charge in [-0.1, -0.05) is 38.1 Å². The highest BCUT2D eigenvalue weighted by molar-refractivity contribution is 7.90. The van der Waals surface area contributed by atoms with E-state index in [1.165, 1.54) is 37.1 Å². The van der Waals surface area contributed by atoms with Crippen molar-refractivity contribution in [1.82, 2.24) is 19.6 Å². The van der Waals surface area contributed by atoms with Crippen LogP contribution in [0.15, 0.2) is 77.8 Å². The van der Waals surface area contributed by atoms with E-state index in [1.807, 2.05) is 0 Å². The average molecular weight is 976 g/mol. The van der Waals surface area contributed by atoms with Crippen LogP contribution in [0.25, 0.3) is 11.0 Å². The number of hydrogen-bond acceptors (Lipinski definition) is 14. The number of sulfonamides is 1. The lowest BCUT2D eigenvalue weighted by atomic mass is 9.59. The predicted octanol–water partition coefficient (Wildman–Crippen LogP) is 8.99. The van der Waals surface area contributed by atoms with Crippen LogP contribution in [0.4, 0.5) is 17.1 Å². The molecule has 0 bridgehead atoms. The maximum absolute atomic E-state index is 14.3. The number of carbonyl (C=O) groups excluding carboxylic acids is 2. The number of likely N-dealkylation sites (tertiary alicyclic amines) is 1. The Morgan fingerprint density at radius 2 is 1.74 bits per heavy atom. The second-order valence-corrected chi connectivity index (χ2v) is 22.3. The molecule has 1 amide bonds. The van der Waals surface area contributed by atoms with Crippen molar-refractivity contribution in [2.75, 3.05) is 43.6 Å². The van der Waals surface area contributed by atoms with Crippen molar-refractivity contribution in [2.45, 2.75) is 120 Å². The van der Waals surface area contributed by atoms with Gasteiger partial charge in [0.05, 0.1) is 34.1 Å². The van der Waals surface area contributed by atoms with E-state index in [0.29, 0.717) is 54.7 Å². The summed E-state index contributed by atoms with van der Waals surface area (Å²) in [5.74, 6) is -1.41. The molecule has 2 aromatic heterocycles. The molecule has 5 aromatic rings. The van der Waals surface area contributed by atoms with Crippen LogP contribution < -0.4 is 24.4 Å².